The van der Waals surface area contributed by atoms with Gasteiger partial charge in [-0.05, 0) is 168 Å². The standard InChI is InChI=1S/C49H73N3O4S/c1-34(2)36-16-23-49(51-27-28-52-29-31-57(8,55)32-30-52)25-24-46(6)38(42(36)49)12-13-40-45(5)19-17-37(44(3,4)39(45)18-20-47(40,46)7)35-14-21-48(22-15-35,43(53)54)33-56-41-11-9-10-26-50-41/h9-11,14,17,26,36,38-40,42,51H,1,8,12-13,15-16,18-25,27-33H2,2-7H3,(H,53,54)/t36-,38+,39-,40+,42+,45-,46+,47+,48+,49-/m0/s1. The third kappa shape index (κ3) is 6.73. The highest BCUT2D eigenvalue weighted by molar-refractivity contribution is 8.00. The van der Waals surface area contributed by atoms with Crippen molar-refractivity contribution >= 4 is 21.4 Å². The van der Waals surface area contributed by atoms with Gasteiger partial charge in [-0.1, -0.05) is 65.0 Å². The fourth-order valence-corrected chi connectivity index (χ4v) is 16.7. The number of nitrogens with zero attached hydrogens (tertiary/aromatic N) is 2. The average molecular weight is 800 g/mol. The van der Waals surface area contributed by atoms with E-state index in [9.17, 15) is 14.1 Å². The van der Waals surface area contributed by atoms with Crippen LogP contribution in [0, 0.1) is 56.7 Å². The molecule has 0 spiro atoms. The van der Waals surface area contributed by atoms with Crippen LogP contribution in [0.3, 0.4) is 0 Å². The van der Waals surface area contributed by atoms with Crippen molar-refractivity contribution in [2.45, 2.75) is 124 Å². The number of pyridine rings is 1. The van der Waals surface area contributed by atoms with Gasteiger partial charge in [-0.3, -0.25) is 9.00 Å². The maximum Gasteiger partial charge on any atom is 0.313 e. The second-order valence-electron chi connectivity index (χ2n) is 21.5. The molecule has 8 heteroatoms. The van der Waals surface area contributed by atoms with E-state index in [1.807, 2.05) is 12.1 Å². The molecule has 1 aliphatic heterocycles. The summed E-state index contributed by atoms with van der Waals surface area (Å²) in [5.74, 6) is 8.36. The SMILES string of the molecule is C=C(C)[C@@H]1CC[C@]2(NCCN3CCS(=C)(=O)CC3)CC[C@]3(C)[C@H](CC[C@@H]4[C@@]5(C)CC=C(C6=CC[C@@](COc7ccccn7)(C(=O)O)CC6)C(C)(C)[C@@H]5CC[C@]43C)[C@@H]12. The molecule has 4 saturated carbocycles. The van der Waals surface area contributed by atoms with E-state index in [4.69, 9.17) is 4.74 Å². The van der Waals surface area contributed by atoms with Crippen LogP contribution in [0.2, 0.25) is 0 Å². The Balaban J connectivity index is 1.01. The predicted molar refractivity (Wildman–Crippen MR) is 234 cm³/mol. The molecule has 314 valence electrons. The molecular formula is C49H73N3O4S. The Kier molecular flexibility index (Phi) is 10.6. The number of rotatable bonds is 10. The number of carboxylic acids is 1. The van der Waals surface area contributed by atoms with E-state index < -0.39 is 20.9 Å². The zero-order chi connectivity index (χ0) is 40.6. The molecule has 0 bridgehead atoms. The van der Waals surface area contributed by atoms with Crippen molar-refractivity contribution in [3.8, 4) is 5.88 Å². The van der Waals surface area contributed by atoms with E-state index in [0.29, 0.717) is 48.3 Å². The molecule has 0 aromatic carbocycles. The predicted octanol–water partition coefficient (Wildman–Crippen LogP) is 9.21. The molecule has 0 radical (unpaired) electrons. The number of carbonyl (C=O) groups is 1. The summed E-state index contributed by atoms with van der Waals surface area (Å²) >= 11 is 0. The van der Waals surface area contributed by atoms with Gasteiger partial charge in [0.2, 0.25) is 5.88 Å². The maximum atomic E-state index is 12.7. The van der Waals surface area contributed by atoms with Crippen LogP contribution in [0.5, 0.6) is 5.88 Å². The summed E-state index contributed by atoms with van der Waals surface area (Å²) in [7, 11) is -1.87. The molecule has 8 rings (SSSR count). The third-order valence-corrected chi connectivity index (χ3v) is 20.5. The zero-order valence-electron chi connectivity index (χ0n) is 36.2. The Labute approximate surface area is 345 Å². The molecule has 2 heterocycles. The molecule has 0 unspecified atom stereocenters. The van der Waals surface area contributed by atoms with E-state index >= 15 is 0 Å². The lowest BCUT2D eigenvalue weighted by Gasteiger charge is -2.72. The Bertz CT molecular complexity index is 1890. The van der Waals surface area contributed by atoms with Gasteiger partial charge < -0.3 is 20.1 Å². The molecule has 2 N–H and O–H groups in total. The molecule has 5 fully saturated rings. The first kappa shape index (κ1) is 41.3. The molecule has 1 aromatic heterocycles. The van der Waals surface area contributed by atoms with E-state index in [1.165, 1.54) is 68.1 Å². The number of aromatic nitrogens is 1. The molecule has 6 aliphatic carbocycles. The summed E-state index contributed by atoms with van der Waals surface area (Å²) in [6, 6.07) is 5.51. The first-order valence-corrected chi connectivity index (χ1v) is 24.6. The second kappa shape index (κ2) is 14.6. The number of fused-ring (bicyclic) bond motifs is 7. The van der Waals surface area contributed by atoms with Crippen LogP contribution < -0.4 is 10.1 Å². The summed E-state index contributed by atoms with van der Waals surface area (Å²) < 4.78 is 18.5. The van der Waals surface area contributed by atoms with Crippen LogP contribution >= 0.6 is 0 Å². The number of nitrogens with one attached hydrogen (secondary N) is 1. The van der Waals surface area contributed by atoms with Crippen LogP contribution in [0.1, 0.15) is 119 Å². The summed E-state index contributed by atoms with van der Waals surface area (Å²) in [5.41, 5.74) is 4.31. The summed E-state index contributed by atoms with van der Waals surface area (Å²) in [4.78, 5) is 19.5. The summed E-state index contributed by atoms with van der Waals surface area (Å²) in [6.45, 7) is 24.1. The van der Waals surface area contributed by atoms with Crippen LogP contribution in [-0.4, -0.2) is 80.9 Å². The van der Waals surface area contributed by atoms with Gasteiger partial charge in [0.15, 0.2) is 0 Å². The lowest BCUT2D eigenvalue weighted by atomic mass is 9.33. The number of allylic oxidation sites excluding steroid dienone is 5. The van der Waals surface area contributed by atoms with E-state index in [0.717, 1.165) is 50.5 Å². The first-order valence-electron chi connectivity index (χ1n) is 22.5. The highest BCUT2D eigenvalue weighted by atomic mass is 32.2. The highest BCUT2D eigenvalue weighted by Gasteiger charge is 2.70. The molecule has 10 atom stereocenters. The van der Waals surface area contributed by atoms with Gasteiger partial charge in [-0.15, -0.1) is 0 Å². The molecular weight excluding hydrogens is 727 g/mol. The van der Waals surface area contributed by atoms with Crippen molar-refractivity contribution in [1.29, 1.82) is 0 Å². The molecule has 1 aromatic rings. The molecule has 0 amide bonds. The van der Waals surface area contributed by atoms with Crippen molar-refractivity contribution in [1.82, 2.24) is 15.2 Å². The van der Waals surface area contributed by atoms with Crippen molar-refractivity contribution in [2.24, 2.45) is 56.7 Å². The Morgan fingerprint density at radius 1 is 0.965 bits per heavy atom. The monoisotopic (exact) mass is 800 g/mol. The van der Waals surface area contributed by atoms with Crippen LogP contribution in [0.4, 0.5) is 0 Å². The Morgan fingerprint density at radius 3 is 2.40 bits per heavy atom. The molecule has 1 saturated heterocycles. The van der Waals surface area contributed by atoms with Crippen molar-refractivity contribution in [2.75, 3.05) is 44.3 Å². The minimum Gasteiger partial charge on any atom is -0.481 e. The van der Waals surface area contributed by atoms with Gasteiger partial charge >= 0.3 is 5.97 Å². The smallest absolute Gasteiger partial charge is 0.313 e. The summed E-state index contributed by atoms with van der Waals surface area (Å²) in [5, 5.41) is 14.7. The van der Waals surface area contributed by atoms with Crippen LogP contribution in [0.15, 0.2) is 59.8 Å². The second-order valence-corrected chi connectivity index (χ2v) is 24.3. The van der Waals surface area contributed by atoms with Crippen LogP contribution in [0.25, 0.3) is 0 Å². The quantitative estimate of drug-likeness (QED) is 0.180. The average Bonchev–Trinajstić information content (AvgIpc) is 3.55. The number of aliphatic carboxylic acids is 1. The fourth-order valence-electron chi connectivity index (χ4n) is 15.3. The van der Waals surface area contributed by atoms with Gasteiger partial charge in [0, 0.05) is 55.5 Å². The maximum absolute atomic E-state index is 12.7. The first-order chi connectivity index (χ1) is 26.9. The number of ether oxygens (including phenoxy) is 1. The van der Waals surface area contributed by atoms with Crippen molar-refractivity contribution < 1.29 is 18.8 Å². The largest absolute Gasteiger partial charge is 0.481 e. The number of hydrogen-bond donors (Lipinski definition) is 2. The van der Waals surface area contributed by atoms with Gasteiger partial charge in [-0.2, -0.15) is 0 Å². The van der Waals surface area contributed by atoms with Crippen molar-refractivity contribution in [3.05, 3.63) is 59.8 Å². The fraction of sp³-hybridized carbons (Fsp3) is 0.735. The van der Waals surface area contributed by atoms with Gasteiger partial charge in [-0.25, -0.2) is 4.98 Å². The van der Waals surface area contributed by atoms with Crippen LogP contribution in [-0.2, 0) is 14.3 Å². The molecule has 7 nitrogen and oxygen atoms in total. The Morgan fingerprint density at radius 2 is 1.74 bits per heavy atom. The topological polar surface area (TPSA) is 91.8 Å². The van der Waals surface area contributed by atoms with Gasteiger partial charge in [0.05, 0.1) is 0 Å². The minimum absolute atomic E-state index is 0.0201. The van der Waals surface area contributed by atoms with E-state index in [2.05, 4.69) is 81.3 Å². The normalized spacial score (nSPS) is 42.3. The Hall–Kier alpha value is -2.42. The highest BCUT2D eigenvalue weighted by Crippen LogP contribution is 2.76. The summed E-state index contributed by atoms with van der Waals surface area (Å²) in [6.07, 6.45) is 19.8. The van der Waals surface area contributed by atoms with E-state index in [-0.39, 0.29) is 33.8 Å². The van der Waals surface area contributed by atoms with Gasteiger partial charge in [0.25, 0.3) is 0 Å². The van der Waals surface area contributed by atoms with E-state index in [1.54, 1.807) is 12.3 Å². The lowest BCUT2D eigenvalue weighted by molar-refractivity contribution is -0.221. The van der Waals surface area contributed by atoms with Crippen molar-refractivity contribution in [3.63, 3.8) is 0 Å². The number of carboxylic acid groups (broad SMARTS) is 1. The van der Waals surface area contributed by atoms with Gasteiger partial charge in [0.1, 0.15) is 12.0 Å². The third-order valence-electron chi connectivity index (χ3n) is 18.7. The zero-order valence-corrected chi connectivity index (χ0v) is 37.0. The molecule has 7 aliphatic rings. The molecule has 57 heavy (non-hydrogen) atoms. The minimum atomic E-state index is -1.87. The lowest BCUT2D eigenvalue weighted by Crippen LogP contribution is -2.68. The number of hydrogen-bond acceptors (Lipinski definition) is 6.